The molecule has 0 aromatic heterocycles. The van der Waals surface area contributed by atoms with Gasteiger partial charge in [-0.3, -0.25) is 9.69 Å². The van der Waals surface area contributed by atoms with Crippen LogP contribution in [0.25, 0.3) is 0 Å². The van der Waals surface area contributed by atoms with E-state index in [-0.39, 0.29) is 41.1 Å². The molecule has 4 aliphatic carbocycles. The van der Waals surface area contributed by atoms with Crippen LogP contribution in [0.1, 0.15) is 64.2 Å². The Morgan fingerprint density at radius 1 is 0.724 bits per heavy atom. The number of imide groups is 1. The number of nitrogens with one attached hydrogen (secondary N) is 1. The van der Waals surface area contributed by atoms with Gasteiger partial charge in [-0.1, -0.05) is 38.5 Å². The van der Waals surface area contributed by atoms with Crippen molar-refractivity contribution in [1.82, 2.24) is 10.2 Å². The summed E-state index contributed by atoms with van der Waals surface area (Å²) in [6.07, 6.45) is 28.3. The number of carbonyl (C=O) groups is 2. The minimum atomic E-state index is -0.185. The topological polar surface area (TPSA) is 49.4 Å². The molecular formula is C24H32FeN2O2+2. The second-order valence-corrected chi connectivity index (χ2v) is 7.89. The molecule has 0 spiro atoms. The summed E-state index contributed by atoms with van der Waals surface area (Å²) in [5.74, 6) is 0.476. The maximum Gasteiger partial charge on any atom is 2.00 e. The van der Waals surface area contributed by atoms with Crippen molar-refractivity contribution in [2.75, 3.05) is 0 Å². The Labute approximate surface area is 188 Å². The molecule has 0 aromatic carbocycles. The van der Waals surface area contributed by atoms with Crippen LogP contribution in [0, 0.1) is 63.7 Å². The third-order valence-corrected chi connectivity index (χ3v) is 5.78. The molecule has 0 unspecified atom stereocenters. The first-order valence-corrected chi connectivity index (χ1v) is 10.8. The van der Waals surface area contributed by atoms with Gasteiger partial charge in [-0.05, 0) is 83.5 Å². The molecular weight excluding hydrogens is 404 g/mol. The van der Waals surface area contributed by atoms with Crippen molar-refractivity contribution in [2.24, 2.45) is 0 Å². The SMILES string of the molecule is O=C(NC1CCCCC1)N(C(=O)[C]1[CH][CH][CH][CH]1)C1CCCCC1.[CH]1[CH][CH][CH][CH]1.[Fe+2]. The monoisotopic (exact) mass is 436 g/mol. The van der Waals surface area contributed by atoms with Crippen molar-refractivity contribution < 1.29 is 26.7 Å². The number of nitrogens with zero attached hydrogens (tertiary/aromatic N) is 1. The molecule has 4 saturated carbocycles. The van der Waals surface area contributed by atoms with E-state index >= 15 is 0 Å². The molecule has 10 radical (unpaired) electrons. The predicted molar refractivity (Wildman–Crippen MR) is 111 cm³/mol. The molecule has 4 rings (SSSR count). The third-order valence-electron chi connectivity index (χ3n) is 5.78. The number of rotatable bonds is 3. The molecule has 0 saturated heterocycles. The minimum absolute atomic E-state index is 0. The van der Waals surface area contributed by atoms with E-state index in [1.165, 1.54) is 30.6 Å². The number of hydrogen-bond donors (Lipinski definition) is 1. The summed E-state index contributed by atoms with van der Waals surface area (Å²) in [7, 11) is 0. The average molecular weight is 436 g/mol. The first kappa shape index (κ1) is 24.7. The maximum atomic E-state index is 12.9. The number of hydrogen-bond acceptors (Lipinski definition) is 2. The standard InChI is InChI=1S/C19H27N2O2.C5H5.Fe/c22-18(15-9-7-8-10-15)21(17-13-5-2-6-14-17)19(23)20-16-11-3-1-4-12-16;1-2-4-5-3-1;/h7-10,16-17H,1-6,11-14H2,(H,20,23);1-5H;/q;;+2. The van der Waals surface area contributed by atoms with Gasteiger partial charge in [0.2, 0.25) is 5.91 Å². The zero-order valence-corrected chi connectivity index (χ0v) is 18.1. The fourth-order valence-corrected chi connectivity index (χ4v) is 4.23. The number of amides is 3. The second kappa shape index (κ2) is 13.7. The van der Waals surface area contributed by atoms with Gasteiger partial charge in [0.25, 0.3) is 0 Å². The van der Waals surface area contributed by atoms with Gasteiger partial charge >= 0.3 is 23.1 Å². The Kier molecular flexibility index (Phi) is 11.7. The van der Waals surface area contributed by atoms with Gasteiger partial charge in [-0.15, -0.1) is 0 Å². The number of carbonyl (C=O) groups excluding carboxylic acids is 2. The van der Waals surface area contributed by atoms with Crippen LogP contribution >= 0.6 is 0 Å². The van der Waals surface area contributed by atoms with E-state index in [2.05, 4.69) is 5.32 Å². The minimum Gasteiger partial charge on any atom is -0.335 e. The smallest absolute Gasteiger partial charge is 0.335 e. The summed E-state index contributed by atoms with van der Waals surface area (Å²) >= 11 is 0. The first-order valence-electron chi connectivity index (χ1n) is 10.8. The summed E-state index contributed by atoms with van der Waals surface area (Å²) in [6, 6.07) is 0.0968. The molecule has 0 atom stereocenters. The molecule has 4 nitrogen and oxygen atoms in total. The molecule has 0 bridgehead atoms. The Morgan fingerprint density at radius 3 is 1.72 bits per heavy atom. The van der Waals surface area contributed by atoms with Gasteiger partial charge in [0, 0.05) is 12.1 Å². The largest absolute Gasteiger partial charge is 2.00 e. The Morgan fingerprint density at radius 2 is 1.21 bits per heavy atom. The van der Waals surface area contributed by atoms with Crippen LogP contribution in [0.5, 0.6) is 0 Å². The van der Waals surface area contributed by atoms with Crippen LogP contribution in [0.3, 0.4) is 0 Å². The quantitative estimate of drug-likeness (QED) is 0.657. The molecule has 3 amide bonds. The van der Waals surface area contributed by atoms with E-state index in [0.29, 0.717) is 5.92 Å². The molecule has 4 fully saturated rings. The van der Waals surface area contributed by atoms with E-state index in [4.69, 9.17) is 0 Å². The van der Waals surface area contributed by atoms with E-state index in [1.54, 1.807) is 12.8 Å². The third kappa shape index (κ3) is 7.90. The van der Waals surface area contributed by atoms with E-state index in [0.717, 1.165) is 38.5 Å². The Bertz CT molecular complexity index is 470. The van der Waals surface area contributed by atoms with Gasteiger partial charge in [0.15, 0.2) is 0 Å². The molecule has 0 aliphatic heterocycles. The molecule has 5 heteroatoms. The molecule has 29 heavy (non-hydrogen) atoms. The fourth-order valence-electron chi connectivity index (χ4n) is 4.23. The van der Waals surface area contributed by atoms with Crippen LogP contribution in [0.2, 0.25) is 0 Å². The van der Waals surface area contributed by atoms with E-state index < -0.39 is 0 Å². The van der Waals surface area contributed by atoms with Crippen molar-refractivity contribution in [3.8, 4) is 0 Å². The first-order chi connectivity index (χ1) is 13.8. The zero-order chi connectivity index (χ0) is 19.6. The average Bonchev–Trinajstić information content (AvgIpc) is 3.46. The molecule has 0 aromatic rings. The Balaban J connectivity index is 0.000000437. The second-order valence-electron chi connectivity index (χ2n) is 7.89. The number of urea groups is 1. The van der Waals surface area contributed by atoms with Crippen molar-refractivity contribution in [1.29, 1.82) is 0 Å². The van der Waals surface area contributed by atoms with Crippen LogP contribution in [0.15, 0.2) is 0 Å². The van der Waals surface area contributed by atoms with Crippen molar-refractivity contribution in [3.63, 3.8) is 0 Å². The molecule has 1 N–H and O–H groups in total. The van der Waals surface area contributed by atoms with Gasteiger partial charge in [-0.25, -0.2) is 4.79 Å². The van der Waals surface area contributed by atoms with Gasteiger partial charge in [0.05, 0.1) is 5.92 Å². The van der Waals surface area contributed by atoms with Gasteiger partial charge < -0.3 is 5.32 Å². The summed E-state index contributed by atoms with van der Waals surface area (Å²) in [4.78, 5) is 27.2. The Hall–Kier alpha value is -0.541. The van der Waals surface area contributed by atoms with Crippen LogP contribution in [-0.4, -0.2) is 28.9 Å². The fraction of sp³-hybridized carbons (Fsp3) is 0.500. The van der Waals surface area contributed by atoms with Crippen LogP contribution in [-0.2, 0) is 21.9 Å². The van der Waals surface area contributed by atoms with Crippen molar-refractivity contribution in [2.45, 2.75) is 76.3 Å². The van der Waals surface area contributed by atoms with Crippen molar-refractivity contribution >= 4 is 11.9 Å². The van der Waals surface area contributed by atoms with Gasteiger partial charge in [0.1, 0.15) is 0 Å². The normalized spacial score (nSPS) is 23.6. The van der Waals surface area contributed by atoms with Crippen LogP contribution in [0.4, 0.5) is 4.79 Å². The van der Waals surface area contributed by atoms with E-state index in [9.17, 15) is 9.59 Å². The van der Waals surface area contributed by atoms with Gasteiger partial charge in [-0.2, -0.15) is 0 Å². The van der Waals surface area contributed by atoms with Crippen molar-refractivity contribution in [3.05, 3.63) is 63.7 Å². The predicted octanol–water partition coefficient (Wildman–Crippen LogP) is 4.61. The zero-order valence-electron chi connectivity index (χ0n) is 17.0. The van der Waals surface area contributed by atoms with E-state index in [1.807, 2.05) is 44.9 Å². The van der Waals surface area contributed by atoms with Crippen LogP contribution < -0.4 is 5.32 Å². The molecule has 156 valence electrons. The summed E-state index contributed by atoms with van der Waals surface area (Å²) in [5.41, 5.74) is 0. The summed E-state index contributed by atoms with van der Waals surface area (Å²) in [6.45, 7) is 0. The summed E-state index contributed by atoms with van der Waals surface area (Å²) < 4.78 is 0. The maximum absolute atomic E-state index is 12.9. The molecule has 0 heterocycles. The summed E-state index contributed by atoms with van der Waals surface area (Å²) in [5, 5.41) is 3.13. The molecule has 4 aliphatic rings.